The van der Waals surface area contributed by atoms with Gasteiger partial charge in [-0.05, 0) is 24.8 Å². The van der Waals surface area contributed by atoms with Gasteiger partial charge in [0.2, 0.25) is 0 Å². The lowest BCUT2D eigenvalue weighted by molar-refractivity contribution is 0.407. The summed E-state index contributed by atoms with van der Waals surface area (Å²) in [6.45, 7) is 1.75. The normalized spacial score (nSPS) is 10.2. The number of phenolic OH excluding ortho intramolecular Hbond substituents is 1. The molecule has 0 aliphatic carbocycles. The van der Waals surface area contributed by atoms with E-state index in [-0.39, 0.29) is 17.0 Å². The van der Waals surface area contributed by atoms with E-state index in [0.29, 0.717) is 22.0 Å². The second kappa shape index (κ2) is 5.89. The molecule has 0 saturated carbocycles. The summed E-state index contributed by atoms with van der Waals surface area (Å²) < 4.78 is 5.07. The van der Waals surface area contributed by atoms with Gasteiger partial charge in [0.05, 0.1) is 7.11 Å². The molecule has 0 fully saturated rings. The molecule has 21 heavy (non-hydrogen) atoms. The van der Waals surface area contributed by atoms with Crippen molar-refractivity contribution in [3.8, 4) is 28.8 Å². The predicted octanol–water partition coefficient (Wildman–Crippen LogP) is 2.05. The van der Waals surface area contributed by atoms with Gasteiger partial charge in [-0.1, -0.05) is 11.8 Å². The number of aromatic amines is 1. The zero-order valence-corrected chi connectivity index (χ0v) is 12.5. The third kappa shape index (κ3) is 2.71. The third-order valence-electron chi connectivity index (χ3n) is 2.96. The minimum absolute atomic E-state index is 0.0893. The Kier molecular flexibility index (Phi) is 4.19. The highest BCUT2D eigenvalue weighted by atomic mass is 32.2. The van der Waals surface area contributed by atoms with Crippen LogP contribution in [0.15, 0.2) is 22.1 Å². The van der Waals surface area contributed by atoms with Gasteiger partial charge in [0.1, 0.15) is 28.8 Å². The summed E-state index contributed by atoms with van der Waals surface area (Å²) in [6, 6.07) is 4.97. The van der Waals surface area contributed by atoms with Gasteiger partial charge in [-0.3, -0.25) is 4.79 Å². The molecule has 0 aliphatic heterocycles. The van der Waals surface area contributed by atoms with Crippen molar-refractivity contribution in [3.05, 3.63) is 33.6 Å². The van der Waals surface area contributed by atoms with Crippen molar-refractivity contribution >= 4 is 11.8 Å². The van der Waals surface area contributed by atoms with Crippen LogP contribution in [-0.4, -0.2) is 28.4 Å². The smallest absolute Gasteiger partial charge is 0.270 e. The Balaban J connectivity index is 2.81. The summed E-state index contributed by atoms with van der Waals surface area (Å²) in [5.41, 5.74) is 0.531. The highest BCUT2D eigenvalue weighted by Gasteiger charge is 2.19. The molecule has 0 radical (unpaired) electrons. The number of hydrogen-bond acceptors (Lipinski definition) is 6. The van der Waals surface area contributed by atoms with Crippen molar-refractivity contribution in [1.29, 1.82) is 5.26 Å². The maximum absolute atomic E-state index is 11.9. The van der Waals surface area contributed by atoms with Gasteiger partial charge < -0.3 is 14.8 Å². The molecule has 2 rings (SSSR count). The van der Waals surface area contributed by atoms with Gasteiger partial charge in [-0.15, -0.1) is 0 Å². The summed E-state index contributed by atoms with van der Waals surface area (Å²) in [4.78, 5) is 18.7. The fourth-order valence-corrected chi connectivity index (χ4v) is 2.37. The molecular weight excluding hydrogens is 290 g/mol. The number of hydrogen-bond donors (Lipinski definition) is 2. The Hall–Kier alpha value is -2.46. The van der Waals surface area contributed by atoms with E-state index in [1.807, 2.05) is 6.07 Å². The molecule has 1 aromatic heterocycles. The van der Waals surface area contributed by atoms with Crippen molar-refractivity contribution in [3.63, 3.8) is 0 Å². The van der Waals surface area contributed by atoms with Gasteiger partial charge >= 0.3 is 0 Å². The van der Waals surface area contributed by atoms with Gasteiger partial charge in [0, 0.05) is 11.6 Å². The SMILES string of the molecule is COc1cc(C)c(-c2nc(SC)[nH]c(=O)c2C#N)c(O)c1. The van der Waals surface area contributed by atoms with E-state index in [4.69, 9.17) is 4.74 Å². The number of thioether (sulfide) groups is 1. The van der Waals surface area contributed by atoms with E-state index < -0.39 is 5.56 Å². The fraction of sp³-hybridized carbons (Fsp3) is 0.214. The van der Waals surface area contributed by atoms with Crippen LogP contribution in [0.5, 0.6) is 11.5 Å². The van der Waals surface area contributed by atoms with Gasteiger partial charge in [0.15, 0.2) is 5.16 Å². The number of aryl methyl sites for hydroxylation is 1. The Morgan fingerprint density at radius 2 is 2.19 bits per heavy atom. The average molecular weight is 303 g/mol. The topological polar surface area (TPSA) is 99.0 Å². The van der Waals surface area contributed by atoms with Crippen LogP contribution in [0.3, 0.4) is 0 Å². The zero-order chi connectivity index (χ0) is 15.6. The molecule has 2 N–H and O–H groups in total. The lowest BCUT2D eigenvalue weighted by atomic mass is 10.0. The molecule has 6 nitrogen and oxygen atoms in total. The Morgan fingerprint density at radius 1 is 1.48 bits per heavy atom. The molecule has 0 atom stereocenters. The van der Waals surface area contributed by atoms with Gasteiger partial charge in [-0.2, -0.15) is 5.26 Å². The zero-order valence-electron chi connectivity index (χ0n) is 11.7. The molecule has 0 aliphatic rings. The Bertz CT molecular complexity index is 770. The second-order valence-corrected chi connectivity index (χ2v) is 5.04. The van der Waals surface area contributed by atoms with Gasteiger partial charge in [-0.25, -0.2) is 4.98 Å². The molecule has 1 heterocycles. The summed E-state index contributed by atoms with van der Waals surface area (Å²) in [6.07, 6.45) is 1.76. The van der Waals surface area contributed by atoms with E-state index in [0.717, 1.165) is 0 Å². The number of aromatic nitrogens is 2. The van der Waals surface area contributed by atoms with Crippen molar-refractivity contribution in [2.24, 2.45) is 0 Å². The van der Waals surface area contributed by atoms with Crippen molar-refractivity contribution in [2.45, 2.75) is 12.1 Å². The first-order valence-corrected chi connectivity index (χ1v) is 7.20. The van der Waals surface area contributed by atoms with Crippen molar-refractivity contribution in [2.75, 3.05) is 13.4 Å². The number of ether oxygens (including phenoxy) is 1. The molecule has 7 heteroatoms. The number of phenols is 1. The number of methoxy groups -OCH3 is 1. The first-order chi connectivity index (χ1) is 10.0. The number of aromatic hydroxyl groups is 1. The largest absolute Gasteiger partial charge is 0.507 e. The molecule has 108 valence electrons. The molecule has 0 spiro atoms. The average Bonchev–Trinajstić information content (AvgIpc) is 2.45. The molecule has 0 unspecified atom stereocenters. The lowest BCUT2D eigenvalue weighted by Gasteiger charge is -2.12. The number of rotatable bonds is 3. The summed E-state index contributed by atoms with van der Waals surface area (Å²) in [5, 5.41) is 19.7. The van der Waals surface area contributed by atoms with Crippen molar-refractivity contribution in [1.82, 2.24) is 9.97 Å². The number of H-pyrrole nitrogens is 1. The van der Waals surface area contributed by atoms with E-state index in [1.54, 1.807) is 19.2 Å². The lowest BCUT2D eigenvalue weighted by Crippen LogP contribution is -2.15. The van der Waals surface area contributed by atoms with E-state index in [9.17, 15) is 15.2 Å². The summed E-state index contributed by atoms with van der Waals surface area (Å²) >= 11 is 1.25. The number of nitrogens with one attached hydrogen (secondary N) is 1. The third-order valence-corrected chi connectivity index (χ3v) is 3.54. The second-order valence-electron chi connectivity index (χ2n) is 4.25. The Morgan fingerprint density at radius 3 is 2.71 bits per heavy atom. The van der Waals surface area contributed by atoms with E-state index in [2.05, 4.69) is 9.97 Å². The maximum Gasteiger partial charge on any atom is 0.270 e. The fourth-order valence-electron chi connectivity index (χ4n) is 2.00. The first kappa shape index (κ1) is 14.9. The predicted molar refractivity (Wildman–Crippen MR) is 79.7 cm³/mol. The quantitative estimate of drug-likeness (QED) is 0.665. The molecular formula is C14H13N3O3S. The van der Waals surface area contributed by atoms with Crippen LogP contribution in [0.2, 0.25) is 0 Å². The Labute approximate surface area is 125 Å². The number of nitrogens with zero attached hydrogens (tertiary/aromatic N) is 2. The van der Waals surface area contributed by atoms with E-state index in [1.165, 1.54) is 24.9 Å². The van der Waals surface area contributed by atoms with Gasteiger partial charge in [0.25, 0.3) is 5.56 Å². The van der Waals surface area contributed by atoms with Crippen LogP contribution in [0.25, 0.3) is 11.3 Å². The van der Waals surface area contributed by atoms with Crippen LogP contribution in [0.1, 0.15) is 11.1 Å². The molecule has 0 saturated heterocycles. The first-order valence-electron chi connectivity index (χ1n) is 5.98. The van der Waals surface area contributed by atoms with Crippen LogP contribution >= 0.6 is 11.8 Å². The monoisotopic (exact) mass is 303 g/mol. The minimum Gasteiger partial charge on any atom is -0.507 e. The van der Waals surface area contributed by atoms with Crippen LogP contribution < -0.4 is 10.3 Å². The standard InChI is InChI=1S/C14H13N3O3S/c1-7-4-8(20-2)5-10(18)11(7)12-9(6-15)13(19)17-14(16-12)21-3/h4-5,18H,1-3H3,(H,16,17,19). The van der Waals surface area contributed by atoms with Crippen LogP contribution in [0.4, 0.5) is 0 Å². The van der Waals surface area contributed by atoms with E-state index >= 15 is 0 Å². The molecule has 1 aromatic carbocycles. The van der Waals surface area contributed by atoms with Crippen LogP contribution in [0, 0.1) is 18.3 Å². The summed E-state index contributed by atoms with van der Waals surface area (Å²) in [7, 11) is 1.49. The molecule has 0 amide bonds. The minimum atomic E-state index is -0.526. The maximum atomic E-state index is 11.9. The number of nitriles is 1. The molecule has 2 aromatic rings. The number of benzene rings is 1. The highest BCUT2D eigenvalue weighted by molar-refractivity contribution is 7.98. The van der Waals surface area contributed by atoms with Crippen LogP contribution in [-0.2, 0) is 0 Å². The summed E-state index contributed by atoms with van der Waals surface area (Å²) in [5.74, 6) is 0.399. The van der Waals surface area contributed by atoms with Crippen molar-refractivity contribution < 1.29 is 9.84 Å². The molecule has 0 bridgehead atoms. The highest BCUT2D eigenvalue weighted by Crippen LogP contribution is 2.36.